The molecule has 4 rings (SSSR count). The van der Waals surface area contributed by atoms with Crippen molar-refractivity contribution >= 4 is 40.2 Å². The van der Waals surface area contributed by atoms with E-state index in [2.05, 4.69) is 21.6 Å². The first-order valence-corrected chi connectivity index (χ1v) is 13.8. The number of piperidine rings is 1. The smallest absolute Gasteiger partial charge is 0.308 e. The van der Waals surface area contributed by atoms with Gasteiger partial charge in [-0.15, -0.1) is 0 Å². The molecule has 0 amide bonds. The number of methoxy groups -OCH3 is 1. The lowest BCUT2D eigenvalue weighted by atomic mass is 9.81. The number of carboxylic acids is 1. The van der Waals surface area contributed by atoms with Crippen LogP contribution in [0.5, 0.6) is 5.75 Å². The monoisotopic (exact) mass is 505 g/mol. The Morgan fingerprint density at radius 1 is 1.35 bits per heavy atom. The van der Waals surface area contributed by atoms with Gasteiger partial charge in [0.15, 0.2) is 0 Å². The van der Waals surface area contributed by atoms with E-state index in [0.29, 0.717) is 18.0 Å². The molecule has 2 fully saturated rings. The molecule has 186 valence electrons. The number of carbonyl (C=O) groups is 1. The summed E-state index contributed by atoms with van der Waals surface area (Å²) < 4.78 is 5.38. The molecule has 34 heavy (non-hydrogen) atoms. The molecule has 2 aromatic rings. The van der Waals surface area contributed by atoms with Gasteiger partial charge < -0.3 is 20.5 Å². The Kier molecular flexibility index (Phi) is 8.97. The Labute approximate surface area is 211 Å². The molecular weight excluding hydrogens is 470 g/mol. The van der Waals surface area contributed by atoms with E-state index in [0.717, 1.165) is 59.1 Å². The lowest BCUT2D eigenvalue weighted by Crippen LogP contribution is -2.44. The van der Waals surface area contributed by atoms with Gasteiger partial charge in [-0.2, -0.15) is 11.8 Å². The quantitative estimate of drug-likeness (QED) is 0.448. The number of nitrogens with zero attached hydrogens (tertiary/aromatic N) is 2. The zero-order valence-electron chi connectivity index (χ0n) is 19.9. The fraction of sp³-hybridized carbons (Fsp3) is 0.615. The highest BCUT2D eigenvalue weighted by Gasteiger charge is 2.34. The number of rotatable bonds is 10. The van der Waals surface area contributed by atoms with Gasteiger partial charge in [0.25, 0.3) is 0 Å². The molecule has 6 nitrogen and oxygen atoms in total. The van der Waals surface area contributed by atoms with Crippen LogP contribution in [-0.2, 0) is 4.79 Å². The number of ether oxygens (including phenoxy) is 1. The number of fused-ring (bicyclic) bond motifs is 1. The van der Waals surface area contributed by atoms with E-state index in [1.165, 1.54) is 25.7 Å². The Morgan fingerprint density at radius 3 is 2.88 bits per heavy atom. The van der Waals surface area contributed by atoms with Crippen molar-refractivity contribution < 1.29 is 14.6 Å². The number of aromatic nitrogens is 1. The number of hydrogen-bond acceptors (Lipinski definition) is 6. The van der Waals surface area contributed by atoms with E-state index in [1.807, 2.05) is 18.2 Å². The van der Waals surface area contributed by atoms with Crippen molar-refractivity contribution in [3.05, 3.63) is 35.0 Å². The van der Waals surface area contributed by atoms with Crippen LogP contribution in [0.1, 0.15) is 56.6 Å². The zero-order valence-corrected chi connectivity index (χ0v) is 21.5. The molecule has 1 aliphatic heterocycles. The van der Waals surface area contributed by atoms with Gasteiger partial charge in [-0.1, -0.05) is 24.4 Å². The van der Waals surface area contributed by atoms with Crippen LogP contribution in [0.4, 0.5) is 0 Å². The van der Waals surface area contributed by atoms with Crippen LogP contribution >= 0.6 is 23.4 Å². The van der Waals surface area contributed by atoms with Crippen LogP contribution in [-0.4, -0.2) is 58.7 Å². The van der Waals surface area contributed by atoms with Crippen LogP contribution < -0.4 is 10.5 Å². The van der Waals surface area contributed by atoms with Gasteiger partial charge in [0.05, 0.1) is 23.6 Å². The molecule has 1 aliphatic carbocycles. The summed E-state index contributed by atoms with van der Waals surface area (Å²) in [6.07, 6.45) is 9.41. The Balaban J connectivity index is 1.36. The fourth-order valence-electron chi connectivity index (χ4n) is 5.51. The third-order valence-electron chi connectivity index (χ3n) is 7.51. The molecule has 8 heteroatoms. The standard InChI is InChI=1S/C26H36ClN3O3S/c1-33-18-7-9-24-20(14-18)25(22(27)15-29-24)23(28)8-6-17-10-11-30(16-21(17)26(31)32)12-13-34-19-4-2-3-5-19/h7,9,14-15,17,19,21,23H,2-6,8,10-13,16,28H2,1H3,(H,31,32). The summed E-state index contributed by atoms with van der Waals surface area (Å²) >= 11 is 8.60. The van der Waals surface area contributed by atoms with Gasteiger partial charge in [0, 0.05) is 41.7 Å². The number of likely N-dealkylation sites (tertiary alicyclic amines) is 1. The van der Waals surface area contributed by atoms with Gasteiger partial charge in [0.1, 0.15) is 5.75 Å². The molecule has 2 aliphatic rings. The van der Waals surface area contributed by atoms with Crippen LogP contribution in [0, 0.1) is 11.8 Å². The van der Waals surface area contributed by atoms with E-state index in [1.54, 1.807) is 13.3 Å². The van der Waals surface area contributed by atoms with Gasteiger partial charge in [-0.3, -0.25) is 9.78 Å². The zero-order chi connectivity index (χ0) is 24.1. The largest absolute Gasteiger partial charge is 0.497 e. The van der Waals surface area contributed by atoms with Gasteiger partial charge in [-0.25, -0.2) is 0 Å². The highest BCUT2D eigenvalue weighted by atomic mass is 35.5. The Morgan fingerprint density at radius 2 is 2.15 bits per heavy atom. The van der Waals surface area contributed by atoms with Crippen LogP contribution in [0.15, 0.2) is 24.4 Å². The van der Waals surface area contributed by atoms with Crippen molar-refractivity contribution in [3.8, 4) is 5.75 Å². The molecule has 0 radical (unpaired) electrons. The van der Waals surface area contributed by atoms with Gasteiger partial charge in [0.2, 0.25) is 0 Å². The van der Waals surface area contributed by atoms with Crippen LogP contribution in [0.25, 0.3) is 10.9 Å². The van der Waals surface area contributed by atoms with Crippen molar-refractivity contribution in [1.29, 1.82) is 0 Å². The molecule has 3 N–H and O–H groups in total. The minimum atomic E-state index is -0.691. The number of hydrogen-bond donors (Lipinski definition) is 2. The number of benzene rings is 1. The summed E-state index contributed by atoms with van der Waals surface area (Å²) in [6.45, 7) is 2.58. The van der Waals surface area contributed by atoms with Gasteiger partial charge in [-0.05, 0) is 68.3 Å². The molecule has 1 aromatic heterocycles. The summed E-state index contributed by atoms with van der Waals surface area (Å²) in [6, 6.07) is 5.41. The first-order valence-electron chi connectivity index (χ1n) is 12.4. The molecule has 2 heterocycles. The number of carboxylic acid groups (broad SMARTS) is 1. The van der Waals surface area contributed by atoms with E-state index in [-0.39, 0.29) is 17.9 Å². The summed E-state index contributed by atoms with van der Waals surface area (Å²) in [5.74, 6) is 0.924. The van der Waals surface area contributed by atoms with E-state index >= 15 is 0 Å². The first-order chi connectivity index (χ1) is 16.5. The number of nitrogens with two attached hydrogens (primary N) is 1. The molecule has 1 saturated carbocycles. The van der Waals surface area contributed by atoms with Crippen molar-refractivity contribution in [2.24, 2.45) is 17.6 Å². The second kappa shape index (κ2) is 11.9. The highest BCUT2D eigenvalue weighted by molar-refractivity contribution is 7.99. The maximum atomic E-state index is 12.1. The highest BCUT2D eigenvalue weighted by Crippen LogP contribution is 2.36. The molecule has 1 saturated heterocycles. The Hall–Kier alpha value is -1.54. The van der Waals surface area contributed by atoms with Crippen molar-refractivity contribution in [3.63, 3.8) is 0 Å². The minimum absolute atomic E-state index is 0.128. The summed E-state index contributed by atoms with van der Waals surface area (Å²) in [5, 5.41) is 12.2. The third-order valence-corrected chi connectivity index (χ3v) is 9.17. The van der Waals surface area contributed by atoms with E-state index in [4.69, 9.17) is 22.1 Å². The summed E-state index contributed by atoms with van der Waals surface area (Å²) in [7, 11) is 1.63. The van der Waals surface area contributed by atoms with Gasteiger partial charge >= 0.3 is 5.97 Å². The van der Waals surface area contributed by atoms with Crippen molar-refractivity contribution in [2.45, 2.75) is 56.2 Å². The van der Waals surface area contributed by atoms with E-state index < -0.39 is 5.97 Å². The first kappa shape index (κ1) is 25.5. The van der Waals surface area contributed by atoms with Crippen molar-refractivity contribution in [1.82, 2.24) is 9.88 Å². The number of pyridine rings is 1. The predicted molar refractivity (Wildman–Crippen MR) is 140 cm³/mol. The molecule has 3 atom stereocenters. The lowest BCUT2D eigenvalue weighted by molar-refractivity contribution is -0.146. The maximum Gasteiger partial charge on any atom is 0.308 e. The Bertz CT molecular complexity index is 985. The molecule has 3 unspecified atom stereocenters. The second-order valence-corrected chi connectivity index (χ2v) is 11.5. The fourth-order valence-corrected chi connectivity index (χ4v) is 7.16. The molecule has 0 spiro atoms. The van der Waals surface area contributed by atoms with Crippen LogP contribution in [0.3, 0.4) is 0 Å². The molecule has 1 aromatic carbocycles. The third kappa shape index (κ3) is 6.17. The topological polar surface area (TPSA) is 88.7 Å². The predicted octanol–water partition coefficient (Wildman–Crippen LogP) is 5.38. The summed E-state index contributed by atoms with van der Waals surface area (Å²) in [5.41, 5.74) is 8.31. The molecule has 0 bridgehead atoms. The summed E-state index contributed by atoms with van der Waals surface area (Å²) in [4.78, 5) is 18.9. The SMILES string of the molecule is COc1ccc2ncc(Cl)c(C(N)CCC3CCN(CCSC4CCCC4)CC3C(=O)O)c2c1. The van der Waals surface area contributed by atoms with Crippen molar-refractivity contribution in [2.75, 3.05) is 32.5 Å². The average Bonchev–Trinajstić information content (AvgIpc) is 3.36. The second-order valence-electron chi connectivity index (χ2n) is 9.66. The van der Waals surface area contributed by atoms with E-state index in [9.17, 15) is 9.90 Å². The average molecular weight is 506 g/mol. The molecular formula is C26H36ClN3O3S. The number of aliphatic carboxylic acids is 1. The lowest BCUT2D eigenvalue weighted by Gasteiger charge is -2.37. The van der Waals surface area contributed by atoms with Crippen LogP contribution in [0.2, 0.25) is 5.02 Å². The maximum absolute atomic E-state index is 12.1. The normalized spacial score (nSPS) is 22.8. The minimum Gasteiger partial charge on any atom is -0.497 e. The number of thioether (sulfide) groups is 1. The number of halogens is 1.